The number of phenols is 2. The van der Waals surface area contributed by atoms with Crippen molar-refractivity contribution in [2.24, 2.45) is 0 Å². The summed E-state index contributed by atoms with van der Waals surface area (Å²) in [5, 5.41) is 26.7. The zero-order chi connectivity index (χ0) is 9.30. The van der Waals surface area contributed by atoms with Crippen molar-refractivity contribution in [1.82, 2.24) is 0 Å². The van der Waals surface area contributed by atoms with E-state index in [-0.39, 0.29) is 22.6 Å². The Morgan fingerprint density at radius 1 is 1.25 bits per heavy atom. The first-order chi connectivity index (χ1) is 5.52. The van der Waals surface area contributed by atoms with Gasteiger partial charge in [-0.2, -0.15) is 0 Å². The Kier molecular flexibility index (Phi) is 1.91. The lowest BCUT2D eigenvalue weighted by Crippen LogP contribution is -1.95. The summed E-state index contributed by atoms with van der Waals surface area (Å²) in [6.45, 7) is 1.50. The first-order valence-electron chi connectivity index (χ1n) is 3.28. The van der Waals surface area contributed by atoms with E-state index >= 15 is 0 Å². The fourth-order valence-corrected chi connectivity index (χ4v) is 0.807. The van der Waals surface area contributed by atoms with Crippen molar-refractivity contribution in [2.45, 2.75) is 6.92 Å². The molecule has 12 heavy (non-hydrogen) atoms. The minimum Gasteiger partial charge on any atom is -0.508 e. The van der Waals surface area contributed by atoms with Crippen LogP contribution in [0.5, 0.6) is 11.5 Å². The first kappa shape index (κ1) is 8.39. The number of aromatic carboxylic acids is 1. The Labute approximate surface area is 68.7 Å². The third-order valence-electron chi connectivity index (χ3n) is 1.60. The molecule has 1 aromatic carbocycles. The van der Waals surface area contributed by atoms with Crippen LogP contribution in [0, 0.1) is 6.92 Å². The van der Waals surface area contributed by atoms with Crippen LogP contribution in [0.1, 0.15) is 15.9 Å². The Balaban J connectivity index is 3.31. The van der Waals surface area contributed by atoms with Crippen LogP contribution in [0.2, 0.25) is 0 Å². The van der Waals surface area contributed by atoms with E-state index in [1.54, 1.807) is 0 Å². The molecule has 0 aliphatic heterocycles. The van der Waals surface area contributed by atoms with Gasteiger partial charge in [0.15, 0.2) is 0 Å². The third kappa shape index (κ3) is 1.32. The Bertz CT molecular complexity index is 307. The zero-order valence-electron chi connectivity index (χ0n) is 6.40. The summed E-state index contributed by atoms with van der Waals surface area (Å²) in [6, 6.07) is 2.19. The van der Waals surface area contributed by atoms with Gasteiger partial charge < -0.3 is 15.3 Å². The van der Waals surface area contributed by atoms with Gasteiger partial charge in [-0.15, -0.1) is 0 Å². The second-order valence-corrected chi connectivity index (χ2v) is 2.44. The van der Waals surface area contributed by atoms with Crippen molar-refractivity contribution >= 4 is 5.97 Å². The summed E-state index contributed by atoms with van der Waals surface area (Å²) in [5.41, 5.74) is 0.149. The number of aromatic hydroxyl groups is 2. The molecule has 0 spiro atoms. The summed E-state index contributed by atoms with van der Waals surface area (Å²) in [6.07, 6.45) is 0. The fraction of sp³-hybridized carbons (Fsp3) is 0.125. The van der Waals surface area contributed by atoms with Crippen LogP contribution < -0.4 is 0 Å². The minimum atomic E-state index is -1.18. The lowest BCUT2D eigenvalue weighted by molar-refractivity contribution is 0.0696. The van der Waals surface area contributed by atoms with Crippen LogP contribution in [0.15, 0.2) is 12.1 Å². The van der Waals surface area contributed by atoms with Crippen molar-refractivity contribution in [3.05, 3.63) is 23.3 Å². The average molecular weight is 168 g/mol. The molecule has 0 saturated heterocycles. The van der Waals surface area contributed by atoms with E-state index in [0.29, 0.717) is 0 Å². The molecule has 0 aromatic heterocycles. The number of hydrogen-bond acceptors (Lipinski definition) is 3. The highest BCUT2D eigenvalue weighted by molar-refractivity contribution is 5.89. The summed E-state index contributed by atoms with van der Waals surface area (Å²) in [5.74, 6) is -1.61. The molecule has 64 valence electrons. The number of phenolic OH excluding ortho intramolecular Hbond substituents is 2. The van der Waals surface area contributed by atoms with Gasteiger partial charge in [0.25, 0.3) is 0 Å². The molecule has 0 aliphatic carbocycles. The van der Waals surface area contributed by atoms with Crippen LogP contribution >= 0.6 is 0 Å². The summed E-state index contributed by atoms with van der Waals surface area (Å²) in [7, 11) is 0. The number of hydrogen-bond donors (Lipinski definition) is 3. The van der Waals surface area contributed by atoms with Crippen molar-refractivity contribution in [2.75, 3.05) is 0 Å². The number of carbonyl (C=O) groups is 1. The van der Waals surface area contributed by atoms with Gasteiger partial charge in [0.05, 0.1) is 5.56 Å². The van der Waals surface area contributed by atoms with Crippen LogP contribution in [-0.4, -0.2) is 21.3 Å². The SMILES string of the molecule is Cc1c(O)cc(C(=O)O)cc1O. The lowest BCUT2D eigenvalue weighted by Gasteiger charge is -2.02. The standard InChI is InChI=1S/C8H8O4/c1-4-6(9)2-5(8(11)12)3-7(4)10/h2-3,9-10H,1H3,(H,11,12). The quantitative estimate of drug-likeness (QED) is 0.586. The van der Waals surface area contributed by atoms with E-state index in [1.807, 2.05) is 0 Å². The first-order valence-corrected chi connectivity index (χ1v) is 3.28. The fourth-order valence-electron chi connectivity index (χ4n) is 0.807. The molecular formula is C8H8O4. The van der Waals surface area contributed by atoms with Gasteiger partial charge in [0, 0.05) is 5.56 Å². The summed E-state index contributed by atoms with van der Waals surface area (Å²) >= 11 is 0. The molecule has 0 fully saturated rings. The van der Waals surface area contributed by atoms with E-state index in [4.69, 9.17) is 15.3 Å². The van der Waals surface area contributed by atoms with E-state index in [9.17, 15) is 4.79 Å². The maximum atomic E-state index is 10.4. The molecule has 3 N–H and O–H groups in total. The predicted octanol–water partition coefficient (Wildman–Crippen LogP) is 1.10. The molecule has 0 amide bonds. The molecule has 1 aromatic rings. The highest BCUT2D eigenvalue weighted by Crippen LogP contribution is 2.27. The van der Waals surface area contributed by atoms with Gasteiger partial charge in [-0.05, 0) is 19.1 Å². The molecule has 4 nitrogen and oxygen atoms in total. The number of rotatable bonds is 1. The summed E-state index contributed by atoms with van der Waals surface area (Å²) in [4.78, 5) is 10.4. The number of carboxylic acids is 1. The molecule has 0 radical (unpaired) electrons. The molecule has 0 atom stereocenters. The van der Waals surface area contributed by atoms with E-state index in [1.165, 1.54) is 6.92 Å². The lowest BCUT2D eigenvalue weighted by atomic mass is 10.1. The van der Waals surface area contributed by atoms with E-state index in [0.717, 1.165) is 12.1 Å². The molecule has 1 rings (SSSR count). The highest BCUT2D eigenvalue weighted by Gasteiger charge is 2.09. The summed E-state index contributed by atoms with van der Waals surface area (Å²) < 4.78 is 0. The Morgan fingerprint density at radius 3 is 2.00 bits per heavy atom. The van der Waals surface area contributed by atoms with Crippen LogP contribution in [0.4, 0.5) is 0 Å². The van der Waals surface area contributed by atoms with Gasteiger partial charge in [-0.1, -0.05) is 0 Å². The second kappa shape index (κ2) is 2.73. The van der Waals surface area contributed by atoms with Crippen molar-refractivity contribution in [3.8, 4) is 11.5 Å². The third-order valence-corrected chi connectivity index (χ3v) is 1.60. The molecule has 0 aliphatic rings. The van der Waals surface area contributed by atoms with Crippen molar-refractivity contribution in [3.63, 3.8) is 0 Å². The molecular weight excluding hydrogens is 160 g/mol. The molecule has 0 saturated carbocycles. The van der Waals surface area contributed by atoms with Gasteiger partial charge in [-0.3, -0.25) is 0 Å². The number of benzene rings is 1. The predicted molar refractivity (Wildman–Crippen MR) is 41.5 cm³/mol. The van der Waals surface area contributed by atoms with Gasteiger partial charge in [0.2, 0.25) is 0 Å². The molecule has 0 bridgehead atoms. The van der Waals surface area contributed by atoms with Crippen LogP contribution in [0.25, 0.3) is 0 Å². The minimum absolute atomic E-state index is 0.129. The van der Waals surface area contributed by atoms with Gasteiger partial charge >= 0.3 is 5.97 Å². The van der Waals surface area contributed by atoms with Crippen molar-refractivity contribution < 1.29 is 20.1 Å². The molecule has 4 heteroatoms. The number of carboxylic acid groups (broad SMARTS) is 1. The average Bonchev–Trinajstić information content (AvgIpc) is 1.99. The highest BCUT2D eigenvalue weighted by atomic mass is 16.4. The zero-order valence-corrected chi connectivity index (χ0v) is 6.40. The second-order valence-electron chi connectivity index (χ2n) is 2.44. The van der Waals surface area contributed by atoms with E-state index < -0.39 is 5.97 Å². The monoisotopic (exact) mass is 168 g/mol. The van der Waals surface area contributed by atoms with Gasteiger partial charge in [-0.25, -0.2) is 4.79 Å². The van der Waals surface area contributed by atoms with Crippen molar-refractivity contribution in [1.29, 1.82) is 0 Å². The Hall–Kier alpha value is -1.71. The smallest absolute Gasteiger partial charge is 0.335 e. The molecule has 0 heterocycles. The van der Waals surface area contributed by atoms with Crippen LogP contribution in [-0.2, 0) is 0 Å². The maximum Gasteiger partial charge on any atom is 0.335 e. The van der Waals surface area contributed by atoms with E-state index in [2.05, 4.69) is 0 Å². The van der Waals surface area contributed by atoms with Crippen LogP contribution in [0.3, 0.4) is 0 Å². The largest absolute Gasteiger partial charge is 0.508 e. The van der Waals surface area contributed by atoms with Gasteiger partial charge in [0.1, 0.15) is 11.5 Å². The topological polar surface area (TPSA) is 77.8 Å². The normalized spacial score (nSPS) is 9.75. The Morgan fingerprint density at radius 2 is 1.67 bits per heavy atom. The maximum absolute atomic E-state index is 10.4. The molecule has 0 unspecified atom stereocenters.